The van der Waals surface area contributed by atoms with Gasteiger partial charge in [0.25, 0.3) is 5.91 Å². The molecule has 1 amide bonds. The van der Waals surface area contributed by atoms with Crippen molar-refractivity contribution in [2.45, 2.75) is 0 Å². The fourth-order valence-electron chi connectivity index (χ4n) is 1.45. The van der Waals surface area contributed by atoms with Crippen LogP contribution < -0.4 is 5.73 Å². The van der Waals surface area contributed by atoms with E-state index in [1.165, 1.54) is 4.90 Å². The smallest absolute Gasteiger partial charge is 0.256 e. The van der Waals surface area contributed by atoms with Crippen molar-refractivity contribution in [3.05, 3.63) is 40.9 Å². The third-order valence-corrected chi connectivity index (χ3v) is 2.74. The second kappa shape index (κ2) is 6.42. The summed E-state index contributed by atoms with van der Waals surface area (Å²) in [5.41, 5.74) is 6.63. The summed E-state index contributed by atoms with van der Waals surface area (Å²) in [6.45, 7) is 4.14. The van der Waals surface area contributed by atoms with Crippen LogP contribution in [0, 0.1) is 0 Å². The van der Waals surface area contributed by atoms with Crippen molar-refractivity contribution in [2.24, 2.45) is 0 Å². The molecule has 92 valence electrons. The first-order valence-corrected chi connectivity index (χ1v) is 5.95. The molecule has 3 N–H and O–H groups in total. The maximum absolute atomic E-state index is 12.1. The molecule has 0 aromatic heterocycles. The van der Waals surface area contributed by atoms with Gasteiger partial charge < -0.3 is 15.7 Å². The summed E-state index contributed by atoms with van der Waals surface area (Å²) in [5.74, 6) is -0.205. The number of nitrogens with zero attached hydrogens (tertiary/aromatic N) is 1. The SMILES string of the molecule is C=CCN(CCO)C(=O)c1ccc(Br)cc1N. The van der Waals surface area contributed by atoms with Crippen molar-refractivity contribution >= 4 is 27.5 Å². The Morgan fingerprint density at radius 1 is 1.59 bits per heavy atom. The van der Waals surface area contributed by atoms with Gasteiger partial charge in [0.2, 0.25) is 0 Å². The minimum absolute atomic E-state index is 0.0873. The number of nitrogen functional groups attached to an aromatic ring is 1. The zero-order valence-corrected chi connectivity index (χ0v) is 11.0. The third-order valence-electron chi connectivity index (χ3n) is 2.25. The second-order valence-electron chi connectivity index (χ2n) is 3.50. The van der Waals surface area contributed by atoms with E-state index in [9.17, 15) is 4.79 Å². The zero-order chi connectivity index (χ0) is 12.8. The van der Waals surface area contributed by atoms with Gasteiger partial charge in [0.15, 0.2) is 0 Å². The van der Waals surface area contributed by atoms with Crippen molar-refractivity contribution in [3.63, 3.8) is 0 Å². The summed E-state index contributed by atoms with van der Waals surface area (Å²) < 4.78 is 0.823. The Hall–Kier alpha value is -1.33. The number of aliphatic hydroxyl groups excluding tert-OH is 1. The lowest BCUT2D eigenvalue weighted by atomic mass is 10.1. The molecule has 5 heteroatoms. The maximum atomic E-state index is 12.1. The van der Waals surface area contributed by atoms with Gasteiger partial charge in [0.05, 0.1) is 12.2 Å². The van der Waals surface area contributed by atoms with Crippen LogP contribution in [0.15, 0.2) is 35.3 Å². The summed E-state index contributed by atoms with van der Waals surface area (Å²) in [7, 11) is 0. The summed E-state index contributed by atoms with van der Waals surface area (Å²) >= 11 is 3.28. The van der Waals surface area contributed by atoms with Gasteiger partial charge in [-0.25, -0.2) is 0 Å². The zero-order valence-electron chi connectivity index (χ0n) is 9.40. The number of amides is 1. The standard InChI is InChI=1S/C12H15BrN2O2/c1-2-5-15(6-7-16)12(17)10-4-3-9(13)8-11(10)14/h2-4,8,16H,1,5-7,14H2. The highest BCUT2D eigenvalue weighted by molar-refractivity contribution is 9.10. The molecule has 0 aliphatic rings. The van der Waals surface area contributed by atoms with Gasteiger partial charge in [-0.3, -0.25) is 4.79 Å². The van der Waals surface area contributed by atoms with Crippen molar-refractivity contribution in [1.29, 1.82) is 0 Å². The summed E-state index contributed by atoms with van der Waals surface area (Å²) in [4.78, 5) is 13.6. The Bertz CT molecular complexity index is 421. The van der Waals surface area contributed by atoms with E-state index in [1.54, 1.807) is 24.3 Å². The van der Waals surface area contributed by atoms with E-state index in [4.69, 9.17) is 10.8 Å². The van der Waals surface area contributed by atoms with Crippen molar-refractivity contribution < 1.29 is 9.90 Å². The topological polar surface area (TPSA) is 66.6 Å². The summed E-state index contributed by atoms with van der Waals surface area (Å²) in [5, 5.41) is 8.91. The molecule has 4 nitrogen and oxygen atoms in total. The third kappa shape index (κ3) is 3.57. The highest BCUT2D eigenvalue weighted by Gasteiger charge is 2.16. The molecule has 0 unspecified atom stereocenters. The predicted octanol–water partition coefficient (Wildman–Crippen LogP) is 1.65. The first kappa shape index (κ1) is 13.7. The average Bonchev–Trinajstić information content (AvgIpc) is 2.28. The van der Waals surface area contributed by atoms with Crippen molar-refractivity contribution in [2.75, 3.05) is 25.4 Å². The Morgan fingerprint density at radius 2 is 2.29 bits per heavy atom. The quantitative estimate of drug-likeness (QED) is 0.642. The lowest BCUT2D eigenvalue weighted by Crippen LogP contribution is -2.34. The number of hydrogen-bond acceptors (Lipinski definition) is 3. The minimum atomic E-state index is -0.205. The highest BCUT2D eigenvalue weighted by atomic mass is 79.9. The molecule has 0 aliphatic heterocycles. The van der Waals surface area contributed by atoms with E-state index in [0.717, 1.165) is 4.47 Å². The molecule has 0 heterocycles. The van der Waals surface area contributed by atoms with Gasteiger partial charge >= 0.3 is 0 Å². The summed E-state index contributed by atoms with van der Waals surface area (Å²) in [6, 6.07) is 5.10. The van der Waals surface area contributed by atoms with E-state index in [-0.39, 0.29) is 19.1 Å². The van der Waals surface area contributed by atoms with Gasteiger partial charge in [-0.1, -0.05) is 22.0 Å². The highest BCUT2D eigenvalue weighted by Crippen LogP contribution is 2.20. The number of hydrogen-bond donors (Lipinski definition) is 2. The fourth-order valence-corrected chi connectivity index (χ4v) is 1.83. The molecule has 0 radical (unpaired) electrons. The molecule has 0 saturated heterocycles. The van der Waals surface area contributed by atoms with E-state index in [1.807, 2.05) is 0 Å². The van der Waals surface area contributed by atoms with Crippen molar-refractivity contribution in [3.8, 4) is 0 Å². The number of carbonyl (C=O) groups excluding carboxylic acids is 1. The lowest BCUT2D eigenvalue weighted by molar-refractivity contribution is 0.0744. The number of halogens is 1. The molecule has 0 aliphatic carbocycles. The van der Waals surface area contributed by atoms with E-state index >= 15 is 0 Å². The lowest BCUT2D eigenvalue weighted by Gasteiger charge is -2.20. The number of anilines is 1. The van der Waals surface area contributed by atoms with Crippen LogP contribution in [0.1, 0.15) is 10.4 Å². The van der Waals surface area contributed by atoms with Gasteiger partial charge in [-0.05, 0) is 18.2 Å². The maximum Gasteiger partial charge on any atom is 0.256 e. The van der Waals surface area contributed by atoms with Crippen LogP contribution in [0.3, 0.4) is 0 Å². The number of benzene rings is 1. The minimum Gasteiger partial charge on any atom is -0.398 e. The number of nitrogens with two attached hydrogens (primary N) is 1. The molecule has 0 atom stereocenters. The van der Waals surface area contributed by atoms with Crippen LogP contribution >= 0.6 is 15.9 Å². The Kier molecular flexibility index (Phi) is 5.18. The average molecular weight is 299 g/mol. The largest absolute Gasteiger partial charge is 0.398 e. The Morgan fingerprint density at radius 3 is 2.82 bits per heavy atom. The van der Waals surface area contributed by atoms with E-state index < -0.39 is 0 Å². The molecular formula is C12H15BrN2O2. The van der Waals surface area contributed by atoms with Gasteiger partial charge in [0.1, 0.15) is 0 Å². The van der Waals surface area contributed by atoms with E-state index in [0.29, 0.717) is 17.8 Å². The monoisotopic (exact) mass is 298 g/mol. The second-order valence-corrected chi connectivity index (χ2v) is 4.41. The first-order valence-electron chi connectivity index (χ1n) is 5.16. The predicted molar refractivity (Wildman–Crippen MR) is 71.7 cm³/mol. The van der Waals surface area contributed by atoms with Gasteiger partial charge in [-0.2, -0.15) is 0 Å². The van der Waals surface area contributed by atoms with Crippen LogP contribution in [0.25, 0.3) is 0 Å². The number of carbonyl (C=O) groups is 1. The van der Waals surface area contributed by atoms with E-state index in [2.05, 4.69) is 22.5 Å². The fraction of sp³-hybridized carbons (Fsp3) is 0.250. The molecule has 0 saturated carbocycles. The molecule has 0 fully saturated rings. The molecule has 0 bridgehead atoms. The molecule has 1 aromatic rings. The molecular weight excluding hydrogens is 284 g/mol. The molecule has 1 rings (SSSR count). The molecule has 0 spiro atoms. The molecule has 17 heavy (non-hydrogen) atoms. The summed E-state index contributed by atoms with van der Waals surface area (Å²) in [6.07, 6.45) is 1.61. The van der Waals surface area contributed by atoms with Crippen LogP contribution in [-0.2, 0) is 0 Å². The van der Waals surface area contributed by atoms with Crippen LogP contribution in [0.4, 0.5) is 5.69 Å². The Labute approximate surface area is 109 Å². The van der Waals surface area contributed by atoms with Crippen LogP contribution in [0.2, 0.25) is 0 Å². The van der Waals surface area contributed by atoms with Crippen molar-refractivity contribution in [1.82, 2.24) is 4.90 Å². The first-order chi connectivity index (χ1) is 8.10. The van der Waals surface area contributed by atoms with Gasteiger partial charge in [0, 0.05) is 23.2 Å². The van der Waals surface area contributed by atoms with Crippen LogP contribution in [-0.4, -0.2) is 35.6 Å². The number of rotatable bonds is 5. The van der Waals surface area contributed by atoms with Crippen LogP contribution in [0.5, 0.6) is 0 Å². The molecule has 1 aromatic carbocycles. The van der Waals surface area contributed by atoms with Gasteiger partial charge in [-0.15, -0.1) is 6.58 Å². The Balaban J connectivity index is 2.96. The number of aliphatic hydroxyl groups is 1. The normalized spacial score (nSPS) is 10.0.